The van der Waals surface area contributed by atoms with Gasteiger partial charge in [-0.05, 0) is 44.4 Å². The molecule has 0 heterocycles. The van der Waals surface area contributed by atoms with Gasteiger partial charge in [-0.15, -0.1) is 0 Å². The Kier molecular flexibility index (Phi) is 6.40. The first-order chi connectivity index (χ1) is 11.3. The van der Waals surface area contributed by atoms with Crippen LogP contribution in [0.15, 0.2) is 0 Å². The lowest BCUT2D eigenvalue weighted by Gasteiger charge is -2.28. The average Bonchev–Trinajstić information content (AvgIpc) is 3.05. The maximum atomic E-state index is 13.3. The van der Waals surface area contributed by atoms with Crippen LogP contribution in [-0.4, -0.2) is 36.1 Å². The third-order valence-corrected chi connectivity index (χ3v) is 5.43. The van der Waals surface area contributed by atoms with Crippen LogP contribution in [-0.2, 0) is 4.79 Å². The highest BCUT2D eigenvalue weighted by atomic mass is 19.3. The zero-order valence-corrected chi connectivity index (χ0v) is 14.1. The highest BCUT2D eigenvalue weighted by molar-refractivity contribution is 5.73. The average molecular weight is 346 g/mol. The van der Waals surface area contributed by atoms with Crippen LogP contribution in [0.2, 0.25) is 0 Å². The molecule has 0 aromatic heterocycles. The largest absolute Gasteiger partial charge is 0.481 e. The number of unbranched alkanes of at least 4 members (excludes halogenated alkanes) is 3. The van der Waals surface area contributed by atoms with E-state index in [9.17, 15) is 18.4 Å². The molecule has 0 aromatic carbocycles. The molecule has 5 nitrogen and oxygen atoms in total. The van der Waals surface area contributed by atoms with Gasteiger partial charge in [0, 0.05) is 31.3 Å². The summed E-state index contributed by atoms with van der Waals surface area (Å²) in [5.74, 6) is -2.92. The smallest absolute Gasteiger partial charge is 0.314 e. The van der Waals surface area contributed by atoms with Gasteiger partial charge in [0.15, 0.2) is 0 Å². The summed E-state index contributed by atoms with van der Waals surface area (Å²) in [6, 6.07) is -0.211. The SMILES string of the molecule is O=C(O)CCCCCCNC(=O)NCC1CCC2(CC1)CC2(F)F. The molecule has 0 unspecified atom stereocenters. The number of aliphatic carboxylic acids is 1. The third kappa shape index (κ3) is 5.31. The van der Waals surface area contributed by atoms with Crippen molar-refractivity contribution in [3.63, 3.8) is 0 Å². The first-order valence-electron chi connectivity index (χ1n) is 8.96. The van der Waals surface area contributed by atoms with Crippen LogP contribution in [0.5, 0.6) is 0 Å². The number of urea groups is 1. The number of carbonyl (C=O) groups excluding carboxylic acids is 1. The Morgan fingerprint density at radius 3 is 2.25 bits per heavy atom. The summed E-state index contributed by atoms with van der Waals surface area (Å²) in [6.07, 6.45) is 6.16. The van der Waals surface area contributed by atoms with Gasteiger partial charge >= 0.3 is 12.0 Å². The van der Waals surface area contributed by atoms with Crippen molar-refractivity contribution < 1.29 is 23.5 Å². The Bertz CT molecular complexity index is 449. The van der Waals surface area contributed by atoms with E-state index in [-0.39, 0.29) is 18.9 Å². The molecule has 0 aromatic rings. The predicted molar refractivity (Wildman–Crippen MR) is 86.1 cm³/mol. The van der Waals surface area contributed by atoms with Crippen LogP contribution in [0, 0.1) is 11.3 Å². The van der Waals surface area contributed by atoms with Gasteiger partial charge in [-0.2, -0.15) is 0 Å². The van der Waals surface area contributed by atoms with Crippen LogP contribution in [0.4, 0.5) is 13.6 Å². The number of nitrogens with one attached hydrogen (secondary N) is 2. The van der Waals surface area contributed by atoms with Crippen LogP contribution in [0.3, 0.4) is 0 Å². The number of carboxylic acids is 1. The van der Waals surface area contributed by atoms with Crippen molar-refractivity contribution in [3.8, 4) is 0 Å². The van der Waals surface area contributed by atoms with Crippen molar-refractivity contribution in [2.24, 2.45) is 11.3 Å². The van der Waals surface area contributed by atoms with Crippen molar-refractivity contribution in [1.82, 2.24) is 10.6 Å². The van der Waals surface area contributed by atoms with Gasteiger partial charge in [-0.3, -0.25) is 4.79 Å². The fourth-order valence-electron chi connectivity index (χ4n) is 3.61. The Morgan fingerprint density at radius 2 is 1.67 bits per heavy atom. The number of alkyl halides is 2. The van der Waals surface area contributed by atoms with Crippen molar-refractivity contribution in [2.75, 3.05) is 13.1 Å². The van der Waals surface area contributed by atoms with Gasteiger partial charge in [-0.25, -0.2) is 13.6 Å². The van der Waals surface area contributed by atoms with E-state index in [1.165, 1.54) is 0 Å². The lowest BCUT2D eigenvalue weighted by Crippen LogP contribution is -2.39. The van der Waals surface area contributed by atoms with Gasteiger partial charge in [-0.1, -0.05) is 12.8 Å². The highest BCUT2D eigenvalue weighted by Crippen LogP contribution is 2.67. The molecular formula is C17H28F2N2O3. The molecule has 2 rings (SSSR count). The molecule has 2 aliphatic carbocycles. The van der Waals surface area contributed by atoms with Gasteiger partial charge < -0.3 is 15.7 Å². The number of carbonyl (C=O) groups is 2. The summed E-state index contributed by atoms with van der Waals surface area (Å²) in [5.41, 5.74) is -0.716. The summed E-state index contributed by atoms with van der Waals surface area (Å²) in [5, 5.41) is 14.1. The highest BCUT2D eigenvalue weighted by Gasteiger charge is 2.70. The van der Waals surface area contributed by atoms with Crippen LogP contribution < -0.4 is 10.6 Å². The summed E-state index contributed by atoms with van der Waals surface area (Å²) >= 11 is 0. The summed E-state index contributed by atoms with van der Waals surface area (Å²) < 4.78 is 26.6. The summed E-state index contributed by atoms with van der Waals surface area (Å²) in [7, 11) is 0. The predicted octanol–water partition coefficient (Wildman–Crippen LogP) is 3.54. The van der Waals surface area contributed by atoms with Crippen LogP contribution in [0.1, 0.15) is 64.2 Å². The van der Waals surface area contributed by atoms with Crippen LogP contribution in [0.25, 0.3) is 0 Å². The van der Waals surface area contributed by atoms with Gasteiger partial charge in [0.25, 0.3) is 5.92 Å². The molecule has 0 radical (unpaired) electrons. The van der Waals surface area contributed by atoms with Crippen molar-refractivity contribution in [1.29, 1.82) is 0 Å². The van der Waals surface area contributed by atoms with E-state index in [4.69, 9.17) is 5.11 Å². The van der Waals surface area contributed by atoms with Crippen LogP contribution >= 0.6 is 0 Å². The minimum atomic E-state index is -2.45. The van der Waals surface area contributed by atoms with Gasteiger partial charge in [0.05, 0.1) is 0 Å². The molecule has 2 saturated carbocycles. The normalized spacial score (nSPS) is 27.7. The maximum absolute atomic E-state index is 13.3. The molecule has 0 atom stereocenters. The molecule has 0 bridgehead atoms. The second-order valence-electron chi connectivity index (χ2n) is 7.30. The Labute approximate surface area is 141 Å². The molecule has 7 heteroatoms. The van der Waals surface area contributed by atoms with Crippen molar-refractivity contribution in [3.05, 3.63) is 0 Å². The number of halogens is 2. The number of amides is 2. The van der Waals surface area contributed by atoms with E-state index < -0.39 is 17.3 Å². The second kappa shape index (κ2) is 8.12. The molecule has 2 fully saturated rings. The van der Waals surface area contributed by atoms with Gasteiger partial charge in [0.2, 0.25) is 0 Å². The molecule has 0 aliphatic heterocycles. The number of hydrogen-bond donors (Lipinski definition) is 3. The molecular weight excluding hydrogens is 318 g/mol. The van der Waals surface area contributed by atoms with E-state index in [0.717, 1.165) is 32.1 Å². The van der Waals surface area contributed by atoms with Crippen molar-refractivity contribution >= 4 is 12.0 Å². The standard InChI is InChI=1S/C17H28F2N2O3/c18-17(19)12-16(17)8-6-13(7-9-16)11-21-15(24)20-10-4-2-1-3-5-14(22)23/h13H,1-12H2,(H,22,23)(H2,20,21,24). The monoisotopic (exact) mass is 346 g/mol. The lowest BCUT2D eigenvalue weighted by atomic mass is 9.79. The van der Waals surface area contributed by atoms with E-state index in [2.05, 4.69) is 10.6 Å². The molecule has 2 amide bonds. The number of rotatable bonds is 9. The first kappa shape index (κ1) is 18.9. The fraction of sp³-hybridized carbons (Fsp3) is 0.882. The summed E-state index contributed by atoms with van der Waals surface area (Å²) in [6.45, 7) is 1.12. The molecule has 2 aliphatic rings. The Hall–Kier alpha value is -1.40. The molecule has 138 valence electrons. The van der Waals surface area contributed by atoms with Gasteiger partial charge in [0.1, 0.15) is 0 Å². The minimum Gasteiger partial charge on any atom is -0.481 e. The topological polar surface area (TPSA) is 78.4 Å². The number of hydrogen-bond acceptors (Lipinski definition) is 2. The quantitative estimate of drug-likeness (QED) is 0.559. The van der Waals surface area contributed by atoms with E-state index in [1.54, 1.807) is 0 Å². The number of carboxylic acid groups (broad SMARTS) is 1. The third-order valence-electron chi connectivity index (χ3n) is 5.43. The molecule has 3 N–H and O–H groups in total. The fourth-order valence-corrected chi connectivity index (χ4v) is 3.61. The van der Waals surface area contributed by atoms with E-state index in [0.29, 0.717) is 38.3 Å². The second-order valence-corrected chi connectivity index (χ2v) is 7.30. The van der Waals surface area contributed by atoms with Crippen molar-refractivity contribution in [2.45, 2.75) is 70.1 Å². The molecule has 24 heavy (non-hydrogen) atoms. The Balaban J connectivity index is 1.45. The minimum absolute atomic E-state index is 0.0487. The summed E-state index contributed by atoms with van der Waals surface area (Å²) in [4.78, 5) is 22.0. The first-order valence-corrected chi connectivity index (χ1v) is 8.96. The van der Waals surface area contributed by atoms with E-state index >= 15 is 0 Å². The lowest BCUT2D eigenvalue weighted by molar-refractivity contribution is -0.137. The maximum Gasteiger partial charge on any atom is 0.314 e. The molecule has 0 saturated heterocycles. The molecule has 1 spiro atoms. The zero-order chi connectivity index (χ0) is 17.6. The van der Waals surface area contributed by atoms with E-state index in [1.807, 2.05) is 0 Å². The zero-order valence-electron chi connectivity index (χ0n) is 14.1. The Morgan fingerprint density at radius 1 is 1.04 bits per heavy atom.